The molecular weight excluding hydrogens is 388 g/mol. The minimum Gasteiger partial charge on any atom is -0.495 e. The molecule has 0 fully saturated rings. The molecule has 1 heterocycles. The second-order valence-electron chi connectivity index (χ2n) is 7.48. The highest BCUT2D eigenvalue weighted by Crippen LogP contribution is 2.26. The Bertz CT molecular complexity index is 1240. The van der Waals surface area contributed by atoms with E-state index in [2.05, 4.69) is 21.5 Å². The molecule has 0 saturated heterocycles. The number of aryl methyl sites for hydroxylation is 3. The van der Waals surface area contributed by atoms with Gasteiger partial charge in [0.1, 0.15) is 5.75 Å². The van der Waals surface area contributed by atoms with Gasteiger partial charge in [0.05, 0.1) is 18.5 Å². The van der Waals surface area contributed by atoms with E-state index in [9.17, 15) is 4.79 Å². The van der Waals surface area contributed by atoms with Gasteiger partial charge < -0.3 is 10.1 Å². The zero-order chi connectivity index (χ0) is 22.0. The molecule has 4 rings (SSSR count). The van der Waals surface area contributed by atoms with Gasteiger partial charge in [-0.2, -0.15) is 0 Å². The average molecular weight is 412 g/mol. The van der Waals surface area contributed by atoms with Crippen LogP contribution in [0.4, 0.5) is 5.69 Å². The van der Waals surface area contributed by atoms with Crippen LogP contribution in [0.2, 0.25) is 0 Å². The van der Waals surface area contributed by atoms with Crippen molar-refractivity contribution in [2.75, 3.05) is 12.4 Å². The summed E-state index contributed by atoms with van der Waals surface area (Å²) in [5.41, 5.74) is 5.69. The van der Waals surface area contributed by atoms with Crippen LogP contribution >= 0.6 is 0 Å². The van der Waals surface area contributed by atoms with Crippen molar-refractivity contribution in [3.8, 4) is 22.8 Å². The van der Waals surface area contributed by atoms with Gasteiger partial charge in [0.2, 0.25) is 5.82 Å². The number of ether oxygens (including phenoxy) is 1. The maximum atomic E-state index is 13.0. The lowest BCUT2D eigenvalue weighted by molar-refractivity contribution is 0.101. The zero-order valence-corrected chi connectivity index (χ0v) is 18.0. The number of nitrogens with zero attached hydrogens (tertiary/aromatic N) is 3. The quantitative estimate of drug-likeness (QED) is 0.494. The van der Waals surface area contributed by atoms with E-state index < -0.39 is 5.91 Å². The Morgan fingerprint density at radius 1 is 0.935 bits per heavy atom. The summed E-state index contributed by atoms with van der Waals surface area (Å²) in [6.07, 6.45) is 0. The number of aromatic nitrogens is 3. The van der Waals surface area contributed by atoms with Gasteiger partial charge in [0.15, 0.2) is 5.82 Å². The number of para-hydroxylation sites is 2. The molecule has 0 aliphatic carbocycles. The van der Waals surface area contributed by atoms with Crippen LogP contribution < -0.4 is 10.1 Å². The van der Waals surface area contributed by atoms with Crippen molar-refractivity contribution >= 4 is 11.6 Å². The van der Waals surface area contributed by atoms with Crippen LogP contribution in [-0.2, 0) is 0 Å². The molecule has 0 saturated carbocycles. The van der Waals surface area contributed by atoms with E-state index >= 15 is 0 Å². The van der Waals surface area contributed by atoms with Crippen LogP contribution in [0.5, 0.6) is 5.75 Å². The van der Waals surface area contributed by atoms with Gasteiger partial charge in [0.25, 0.3) is 5.91 Å². The standard InChI is InChI=1S/C25H24N4O2/c1-16-9-12-19(13-10-16)24-27-23(25(30)26-20-7-5-6-8-22(20)31-4)28-29(24)21-14-11-17(2)15-18(21)3/h5-15H,1-4H3,(H,26,30). The van der Waals surface area contributed by atoms with Crippen molar-refractivity contribution in [2.45, 2.75) is 20.8 Å². The molecule has 0 unspecified atom stereocenters. The molecule has 6 heteroatoms. The van der Waals surface area contributed by atoms with Crippen LogP contribution in [0.1, 0.15) is 27.3 Å². The number of hydrogen-bond donors (Lipinski definition) is 1. The van der Waals surface area contributed by atoms with Crippen LogP contribution in [0.25, 0.3) is 17.1 Å². The number of amides is 1. The molecule has 0 aliphatic rings. The normalized spacial score (nSPS) is 10.7. The number of rotatable bonds is 5. The van der Waals surface area contributed by atoms with Crippen molar-refractivity contribution in [2.24, 2.45) is 0 Å². The molecule has 1 N–H and O–H groups in total. The topological polar surface area (TPSA) is 69.0 Å². The van der Waals surface area contributed by atoms with Gasteiger partial charge in [-0.05, 0) is 44.5 Å². The summed E-state index contributed by atoms with van der Waals surface area (Å²) in [6.45, 7) is 6.10. The van der Waals surface area contributed by atoms with Gasteiger partial charge >= 0.3 is 0 Å². The fraction of sp³-hybridized carbons (Fsp3) is 0.160. The molecule has 0 radical (unpaired) electrons. The molecule has 3 aromatic carbocycles. The number of hydrogen-bond acceptors (Lipinski definition) is 4. The van der Waals surface area contributed by atoms with Gasteiger partial charge in [-0.3, -0.25) is 4.79 Å². The third-order valence-electron chi connectivity index (χ3n) is 5.06. The minimum absolute atomic E-state index is 0.0847. The van der Waals surface area contributed by atoms with Crippen molar-refractivity contribution < 1.29 is 9.53 Å². The van der Waals surface area contributed by atoms with E-state index in [0.29, 0.717) is 17.3 Å². The largest absolute Gasteiger partial charge is 0.495 e. The fourth-order valence-electron chi connectivity index (χ4n) is 3.43. The first-order chi connectivity index (χ1) is 15.0. The third-order valence-corrected chi connectivity index (χ3v) is 5.06. The Kier molecular flexibility index (Phi) is 5.54. The summed E-state index contributed by atoms with van der Waals surface area (Å²) in [4.78, 5) is 17.6. The molecule has 0 atom stereocenters. The van der Waals surface area contributed by atoms with Crippen molar-refractivity contribution in [3.63, 3.8) is 0 Å². The summed E-state index contributed by atoms with van der Waals surface area (Å²) in [5, 5.41) is 7.43. The fourth-order valence-corrected chi connectivity index (χ4v) is 3.43. The predicted octanol–water partition coefficient (Wildman–Crippen LogP) is 5.12. The van der Waals surface area contributed by atoms with Gasteiger partial charge in [-0.1, -0.05) is 59.7 Å². The van der Waals surface area contributed by atoms with Gasteiger partial charge in [0, 0.05) is 5.56 Å². The molecule has 4 aromatic rings. The molecule has 31 heavy (non-hydrogen) atoms. The zero-order valence-electron chi connectivity index (χ0n) is 18.0. The van der Waals surface area contributed by atoms with E-state index in [1.54, 1.807) is 23.9 Å². The number of methoxy groups -OCH3 is 1. The first-order valence-corrected chi connectivity index (χ1v) is 10.0. The van der Waals surface area contributed by atoms with E-state index in [4.69, 9.17) is 4.74 Å². The molecule has 156 valence electrons. The lowest BCUT2D eigenvalue weighted by Gasteiger charge is -2.10. The summed E-state index contributed by atoms with van der Waals surface area (Å²) in [5.74, 6) is 0.864. The van der Waals surface area contributed by atoms with E-state index in [-0.39, 0.29) is 5.82 Å². The van der Waals surface area contributed by atoms with Gasteiger partial charge in [-0.25, -0.2) is 9.67 Å². The number of benzene rings is 3. The number of nitrogens with one attached hydrogen (secondary N) is 1. The Labute approximate surface area is 181 Å². The Hall–Kier alpha value is -3.93. The number of carbonyl (C=O) groups excluding carboxylic acids is 1. The van der Waals surface area contributed by atoms with Crippen LogP contribution in [0.3, 0.4) is 0 Å². The Morgan fingerprint density at radius 2 is 1.65 bits per heavy atom. The molecule has 0 spiro atoms. The number of anilines is 1. The maximum absolute atomic E-state index is 13.0. The highest BCUT2D eigenvalue weighted by molar-refractivity contribution is 6.02. The summed E-state index contributed by atoms with van der Waals surface area (Å²) < 4.78 is 7.06. The molecule has 0 bridgehead atoms. The van der Waals surface area contributed by atoms with Gasteiger partial charge in [-0.15, -0.1) is 5.10 Å². The first-order valence-electron chi connectivity index (χ1n) is 10.0. The minimum atomic E-state index is -0.402. The predicted molar refractivity (Wildman–Crippen MR) is 122 cm³/mol. The molecule has 1 aromatic heterocycles. The summed E-state index contributed by atoms with van der Waals surface area (Å²) in [7, 11) is 1.56. The molecule has 0 aliphatic heterocycles. The summed E-state index contributed by atoms with van der Waals surface area (Å²) in [6, 6.07) is 21.4. The third kappa shape index (κ3) is 4.19. The number of carbonyl (C=O) groups is 1. The second kappa shape index (κ2) is 8.44. The monoisotopic (exact) mass is 412 g/mol. The van der Waals surface area contributed by atoms with Crippen LogP contribution in [0, 0.1) is 20.8 Å². The van der Waals surface area contributed by atoms with Crippen LogP contribution in [-0.4, -0.2) is 27.8 Å². The van der Waals surface area contributed by atoms with Crippen molar-refractivity contribution in [1.29, 1.82) is 0 Å². The highest BCUT2D eigenvalue weighted by atomic mass is 16.5. The van der Waals surface area contributed by atoms with E-state index in [0.717, 1.165) is 27.9 Å². The van der Waals surface area contributed by atoms with E-state index in [1.165, 1.54) is 0 Å². The van der Waals surface area contributed by atoms with Crippen molar-refractivity contribution in [1.82, 2.24) is 14.8 Å². The highest BCUT2D eigenvalue weighted by Gasteiger charge is 2.20. The lowest BCUT2D eigenvalue weighted by Crippen LogP contribution is -2.15. The Balaban J connectivity index is 1.79. The van der Waals surface area contributed by atoms with Crippen LogP contribution in [0.15, 0.2) is 66.7 Å². The smallest absolute Gasteiger partial charge is 0.295 e. The lowest BCUT2D eigenvalue weighted by atomic mass is 10.1. The average Bonchev–Trinajstić information content (AvgIpc) is 3.20. The van der Waals surface area contributed by atoms with Crippen molar-refractivity contribution in [3.05, 3.63) is 89.2 Å². The molecular formula is C25H24N4O2. The second-order valence-corrected chi connectivity index (χ2v) is 7.48. The summed E-state index contributed by atoms with van der Waals surface area (Å²) >= 11 is 0. The maximum Gasteiger partial charge on any atom is 0.295 e. The SMILES string of the molecule is COc1ccccc1NC(=O)c1nc(-c2ccc(C)cc2)n(-c2ccc(C)cc2C)n1. The van der Waals surface area contributed by atoms with E-state index in [1.807, 2.05) is 69.3 Å². The Morgan fingerprint density at radius 3 is 2.35 bits per heavy atom. The molecule has 6 nitrogen and oxygen atoms in total. The molecule has 1 amide bonds. The first kappa shape index (κ1) is 20.3.